The van der Waals surface area contributed by atoms with Gasteiger partial charge in [-0.15, -0.1) is 24.0 Å². The van der Waals surface area contributed by atoms with E-state index in [0.29, 0.717) is 13.2 Å². The van der Waals surface area contributed by atoms with Gasteiger partial charge in [0.15, 0.2) is 5.96 Å². The molecule has 1 aromatic heterocycles. The van der Waals surface area contributed by atoms with Gasteiger partial charge >= 0.3 is 5.97 Å². The Kier molecular flexibility index (Phi) is 8.40. The molecule has 0 saturated carbocycles. The van der Waals surface area contributed by atoms with E-state index in [0.717, 1.165) is 49.6 Å². The number of esters is 1. The number of likely N-dealkylation sites (tertiary alicyclic amines) is 1. The van der Waals surface area contributed by atoms with Gasteiger partial charge in [-0.25, -0.2) is 4.99 Å². The largest absolute Gasteiger partial charge is 0.466 e. The molecule has 2 aromatic rings. The van der Waals surface area contributed by atoms with Gasteiger partial charge in [0.2, 0.25) is 0 Å². The summed E-state index contributed by atoms with van der Waals surface area (Å²) in [6.07, 6.45) is 1.63. The average molecular weight is 484 g/mol. The smallest absolute Gasteiger partial charge is 0.309 e. The molecule has 27 heavy (non-hydrogen) atoms. The Balaban J connectivity index is 0.00000261. The molecule has 1 aromatic carbocycles. The van der Waals surface area contributed by atoms with Crippen molar-refractivity contribution in [3.63, 3.8) is 0 Å². The normalized spacial score (nSPS) is 15.5. The molecule has 7 heteroatoms. The summed E-state index contributed by atoms with van der Waals surface area (Å²) in [6.45, 7) is 7.45. The Hall–Kier alpha value is -1.77. The summed E-state index contributed by atoms with van der Waals surface area (Å²) in [6, 6.07) is 10.4. The first kappa shape index (κ1) is 21.5. The first-order valence-electron chi connectivity index (χ1n) is 9.47. The number of carbonyl (C=O) groups excluding carboxylic acids is 1. The molecular formula is C20H29IN4O2. The Morgan fingerprint density at radius 3 is 2.70 bits per heavy atom. The second kappa shape index (κ2) is 10.5. The highest BCUT2D eigenvalue weighted by atomic mass is 127. The van der Waals surface area contributed by atoms with Crippen LogP contribution in [0, 0.1) is 5.92 Å². The number of aromatic amines is 1. The second-order valence-electron chi connectivity index (χ2n) is 6.57. The van der Waals surface area contributed by atoms with Crippen LogP contribution in [0.2, 0.25) is 0 Å². The summed E-state index contributed by atoms with van der Waals surface area (Å²) in [5, 5.41) is 4.58. The van der Waals surface area contributed by atoms with Crippen molar-refractivity contribution in [2.75, 3.05) is 26.2 Å². The lowest BCUT2D eigenvalue weighted by atomic mass is 9.97. The zero-order valence-corrected chi connectivity index (χ0v) is 18.4. The van der Waals surface area contributed by atoms with E-state index in [2.05, 4.69) is 40.3 Å². The van der Waals surface area contributed by atoms with Crippen molar-refractivity contribution in [3.05, 3.63) is 36.0 Å². The summed E-state index contributed by atoms with van der Waals surface area (Å²) >= 11 is 0. The van der Waals surface area contributed by atoms with E-state index >= 15 is 0 Å². The van der Waals surface area contributed by atoms with Crippen LogP contribution in [0.5, 0.6) is 0 Å². The van der Waals surface area contributed by atoms with E-state index < -0.39 is 0 Å². The van der Waals surface area contributed by atoms with Crippen LogP contribution in [-0.4, -0.2) is 48.1 Å². The van der Waals surface area contributed by atoms with Crippen LogP contribution in [0.1, 0.15) is 32.4 Å². The number of guanidine groups is 1. The molecule has 6 nitrogen and oxygen atoms in total. The summed E-state index contributed by atoms with van der Waals surface area (Å²) in [5.74, 6) is 0.864. The maximum absolute atomic E-state index is 11.9. The molecule has 0 atom stereocenters. The molecule has 2 heterocycles. The maximum atomic E-state index is 11.9. The topological polar surface area (TPSA) is 69.7 Å². The second-order valence-corrected chi connectivity index (χ2v) is 6.57. The van der Waals surface area contributed by atoms with Crippen molar-refractivity contribution in [3.8, 4) is 0 Å². The molecule has 1 saturated heterocycles. The Labute approximate surface area is 177 Å². The van der Waals surface area contributed by atoms with Gasteiger partial charge in [-0.2, -0.15) is 0 Å². The summed E-state index contributed by atoms with van der Waals surface area (Å²) in [4.78, 5) is 22.4. The van der Waals surface area contributed by atoms with E-state index in [1.165, 1.54) is 5.39 Å². The number of halogens is 1. The van der Waals surface area contributed by atoms with Gasteiger partial charge in [-0.1, -0.05) is 18.2 Å². The molecule has 1 fully saturated rings. The number of piperidine rings is 1. The quantitative estimate of drug-likeness (QED) is 0.295. The molecule has 0 bridgehead atoms. The fourth-order valence-corrected chi connectivity index (χ4v) is 3.39. The Morgan fingerprint density at radius 2 is 2.04 bits per heavy atom. The summed E-state index contributed by atoms with van der Waals surface area (Å²) in [7, 11) is 0. The highest BCUT2D eigenvalue weighted by Gasteiger charge is 2.27. The van der Waals surface area contributed by atoms with Crippen molar-refractivity contribution in [2.45, 2.75) is 33.2 Å². The zero-order valence-electron chi connectivity index (χ0n) is 16.0. The lowest BCUT2D eigenvalue weighted by molar-refractivity contribution is -0.149. The standard InChI is InChI=1S/C20H28N4O2.HI/c1-3-21-20(24-11-9-15(10-12-24)19(25)26-4-2)22-14-17-13-16-7-5-6-8-18(16)23-17;/h5-8,13,15,23H,3-4,9-12,14H2,1-2H3,(H,21,22);1H. The fourth-order valence-electron chi connectivity index (χ4n) is 3.39. The van der Waals surface area contributed by atoms with E-state index in [1.54, 1.807) is 0 Å². The number of aliphatic imine (C=N–C) groups is 1. The predicted molar refractivity (Wildman–Crippen MR) is 119 cm³/mol. The SMILES string of the molecule is CCNC(=NCc1cc2ccccc2[nH]1)N1CCC(C(=O)OCC)CC1.I. The minimum Gasteiger partial charge on any atom is -0.466 e. The summed E-state index contributed by atoms with van der Waals surface area (Å²) in [5.41, 5.74) is 2.24. The lowest BCUT2D eigenvalue weighted by Crippen LogP contribution is -2.46. The Bertz CT molecular complexity index is 733. The van der Waals surface area contributed by atoms with Crippen LogP contribution < -0.4 is 5.32 Å². The van der Waals surface area contributed by atoms with E-state index in [9.17, 15) is 4.79 Å². The first-order valence-corrected chi connectivity index (χ1v) is 9.47. The fraction of sp³-hybridized carbons (Fsp3) is 0.500. The number of fused-ring (bicyclic) bond motifs is 1. The average Bonchev–Trinajstić information content (AvgIpc) is 3.08. The van der Waals surface area contributed by atoms with Gasteiger partial charge in [0.25, 0.3) is 0 Å². The number of benzene rings is 1. The van der Waals surface area contributed by atoms with Crippen LogP contribution in [0.4, 0.5) is 0 Å². The lowest BCUT2D eigenvalue weighted by Gasteiger charge is -2.33. The molecule has 3 rings (SSSR count). The summed E-state index contributed by atoms with van der Waals surface area (Å²) < 4.78 is 5.15. The number of carbonyl (C=O) groups is 1. The number of para-hydroxylation sites is 1. The van der Waals surface area contributed by atoms with Crippen molar-refractivity contribution in [2.24, 2.45) is 10.9 Å². The molecule has 0 aliphatic carbocycles. The van der Waals surface area contributed by atoms with Crippen LogP contribution in [0.3, 0.4) is 0 Å². The number of hydrogen-bond donors (Lipinski definition) is 2. The molecule has 0 spiro atoms. The maximum Gasteiger partial charge on any atom is 0.309 e. The number of hydrogen-bond acceptors (Lipinski definition) is 3. The molecule has 0 unspecified atom stereocenters. The van der Waals surface area contributed by atoms with Gasteiger partial charge in [0.05, 0.1) is 19.1 Å². The molecule has 0 radical (unpaired) electrons. The zero-order chi connectivity index (χ0) is 18.4. The van der Waals surface area contributed by atoms with Gasteiger partial charge < -0.3 is 19.9 Å². The van der Waals surface area contributed by atoms with Crippen molar-refractivity contribution in [1.29, 1.82) is 0 Å². The van der Waals surface area contributed by atoms with Crippen LogP contribution in [0.25, 0.3) is 10.9 Å². The van der Waals surface area contributed by atoms with Gasteiger partial charge in [0, 0.05) is 30.8 Å². The third-order valence-electron chi connectivity index (χ3n) is 4.73. The van der Waals surface area contributed by atoms with Crippen LogP contribution >= 0.6 is 24.0 Å². The van der Waals surface area contributed by atoms with Crippen molar-refractivity contribution >= 4 is 46.8 Å². The van der Waals surface area contributed by atoms with E-state index in [1.807, 2.05) is 19.1 Å². The molecule has 0 amide bonds. The van der Waals surface area contributed by atoms with Crippen molar-refractivity contribution in [1.82, 2.24) is 15.2 Å². The molecule has 1 aliphatic rings. The van der Waals surface area contributed by atoms with Gasteiger partial charge in [-0.05, 0) is 44.2 Å². The van der Waals surface area contributed by atoms with Gasteiger partial charge in [0.1, 0.15) is 0 Å². The van der Waals surface area contributed by atoms with Crippen LogP contribution in [0.15, 0.2) is 35.3 Å². The van der Waals surface area contributed by atoms with E-state index in [4.69, 9.17) is 9.73 Å². The number of nitrogens with zero attached hydrogens (tertiary/aromatic N) is 2. The monoisotopic (exact) mass is 484 g/mol. The van der Waals surface area contributed by atoms with Gasteiger partial charge in [-0.3, -0.25) is 4.79 Å². The highest BCUT2D eigenvalue weighted by Crippen LogP contribution is 2.19. The highest BCUT2D eigenvalue weighted by molar-refractivity contribution is 14.0. The number of ether oxygens (including phenoxy) is 1. The minimum absolute atomic E-state index is 0. The van der Waals surface area contributed by atoms with Crippen molar-refractivity contribution < 1.29 is 9.53 Å². The Morgan fingerprint density at radius 1 is 1.30 bits per heavy atom. The molecule has 2 N–H and O–H groups in total. The first-order chi connectivity index (χ1) is 12.7. The predicted octanol–water partition coefficient (Wildman–Crippen LogP) is 3.53. The number of aromatic nitrogens is 1. The molecule has 148 valence electrons. The molecular weight excluding hydrogens is 455 g/mol. The molecule has 1 aliphatic heterocycles. The number of H-pyrrole nitrogens is 1. The third kappa shape index (κ3) is 5.60. The number of rotatable bonds is 5. The van der Waals surface area contributed by atoms with E-state index in [-0.39, 0.29) is 35.9 Å². The number of nitrogens with one attached hydrogen (secondary N) is 2. The van der Waals surface area contributed by atoms with Crippen LogP contribution in [-0.2, 0) is 16.1 Å². The third-order valence-corrected chi connectivity index (χ3v) is 4.73. The minimum atomic E-state index is -0.0628.